The van der Waals surface area contributed by atoms with Gasteiger partial charge in [-0.1, -0.05) is 19.3 Å². The molecule has 1 saturated heterocycles. The van der Waals surface area contributed by atoms with Crippen LogP contribution in [-0.4, -0.2) is 25.8 Å². The maximum Gasteiger partial charge on any atom is 0.243 e. The highest BCUT2D eigenvalue weighted by molar-refractivity contribution is 7.89. The Balaban J connectivity index is 2.17. The van der Waals surface area contributed by atoms with E-state index in [1.165, 1.54) is 17.8 Å². The van der Waals surface area contributed by atoms with Crippen molar-refractivity contribution in [2.24, 2.45) is 0 Å². The predicted octanol–water partition coefficient (Wildman–Crippen LogP) is 3.44. The average Bonchev–Trinajstić information content (AvgIpc) is 2.76. The van der Waals surface area contributed by atoms with Gasteiger partial charge in [0, 0.05) is 23.3 Å². The summed E-state index contributed by atoms with van der Waals surface area (Å²) in [4.78, 5) is 1.31. The minimum absolute atomic E-state index is 0.375. The summed E-state index contributed by atoms with van der Waals surface area (Å²) in [7, 11) is -3.31. The van der Waals surface area contributed by atoms with Crippen LogP contribution in [0, 0.1) is 0 Å². The highest BCUT2D eigenvalue weighted by Gasteiger charge is 2.25. The van der Waals surface area contributed by atoms with E-state index in [0.29, 0.717) is 23.9 Å². The molecule has 0 aliphatic carbocycles. The quantitative estimate of drug-likeness (QED) is 0.802. The Morgan fingerprint density at radius 3 is 2.33 bits per heavy atom. The molecule has 1 aliphatic rings. The zero-order valence-corrected chi connectivity index (χ0v) is 12.7. The van der Waals surface area contributed by atoms with Crippen molar-refractivity contribution in [2.75, 3.05) is 13.1 Å². The van der Waals surface area contributed by atoms with Gasteiger partial charge >= 0.3 is 0 Å². The summed E-state index contributed by atoms with van der Waals surface area (Å²) in [6.07, 6.45) is 5.41. The molecule has 18 heavy (non-hydrogen) atoms. The lowest BCUT2D eigenvalue weighted by Crippen LogP contribution is -2.33. The summed E-state index contributed by atoms with van der Waals surface area (Å²) < 4.78 is 26.6. The largest absolute Gasteiger partial charge is 0.243 e. The van der Waals surface area contributed by atoms with Crippen molar-refractivity contribution in [2.45, 2.75) is 42.9 Å². The van der Waals surface area contributed by atoms with Crippen molar-refractivity contribution in [3.05, 3.63) is 16.3 Å². The van der Waals surface area contributed by atoms with Gasteiger partial charge in [-0.25, -0.2) is 8.42 Å². The van der Waals surface area contributed by atoms with Gasteiger partial charge in [0.15, 0.2) is 0 Å². The lowest BCUT2D eigenvalue weighted by atomic mass is 10.1. The average molecular weight is 308 g/mol. The Hall–Kier alpha value is -0.100. The second kappa shape index (κ2) is 6.37. The third kappa shape index (κ3) is 3.26. The summed E-state index contributed by atoms with van der Waals surface area (Å²) in [6.45, 7) is 1.29. The van der Waals surface area contributed by atoms with Crippen LogP contribution in [0.25, 0.3) is 0 Å². The van der Waals surface area contributed by atoms with Gasteiger partial charge in [-0.3, -0.25) is 0 Å². The van der Waals surface area contributed by atoms with Crippen molar-refractivity contribution in [1.29, 1.82) is 0 Å². The normalized spacial score (nSPS) is 19.4. The maximum atomic E-state index is 12.5. The number of hydrogen-bond donors (Lipinski definition) is 0. The number of hydrogen-bond acceptors (Lipinski definition) is 3. The molecule has 102 valence electrons. The first kappa shape index (κ1) is 14.3. The van der Waals surface area contributed by atoms with E-state index in [4.69, 9.17) is 11.6 Å². The number of halogens is 1. The smallest absolute Gasteiger partial charge is 0.207 e. The SMILES string of the molecule is O=S(=O)(c1csc(CCl)c1)N1CCCCCCC1. The molecule has 0 amide bonds. The van der Waals surface area contributed by atoms with Gasteiger partial charge in [0.05, 0.1) is 10.8 Å². The van der Waals surface area contributed by atoms with E-state index in [2.05, 4.69) is 0 Å². The van der Waals surface area contributed by atoms with E-state index in [1.807, 2.05) is 0 Å². The monoisotopic (exact) mass is 307 g/mol. The van der Waals surface area contributed by atoms with Crippen LogP contribution in [0.3, 0.4) is 0 Å². The Labute approximate surface area is 118 Å². The molecule has 0 radical (unpaired) electrons. The Bertz CT molecular complexity index is 476. The van der Waals surface area contributed by atoms with Gasteiger partial charge in [-0.15, -0.1) is 22.9 Å². The molecule has 0 bridgehead atoms. The molecule has 1 fully saturated rings. The molecule has 0 spiro atoms. The summed E-state index contributed by atoms with van der Waals surface area (Å²) >= 11 is 7.14. The molecule has 0 atom stereocenters. The molecule has 2 rings (SSSR count). The summed E-state index contributed by atoms with van der Waals surface area (Å²) in [5, 5.41) is 1.70. The third-order valence-electron chi connectivity index (χ3n) is 3.21. The molecule has 1 aromatic heterocycles. The zero-order valence-electron chi connectivity index (χ0n) is 10.3. The molecule has 2 heterocycles. The minimum atomic E-state index is -3.31. The van der Waals surface area contributed by atoms with E-state index < -0.39 is 10.0 Å². The van der Waals surface area contributed by atoms with Gasteiger partial charge in [0.25, 0.3) is 0 Å². The van der Waals surface area contributed by atoms with Crippen molar-refractivity contribution in [3.63, 3.8) is 0 Å². The van der Waals surface area contributed by atoms with Crippen LogP contribution >= 0.6 is 22.9 Å². The fraction of sp³-hybridized carbons (Fsp3) is 0.667. The highest BCUT2D eigenvalue weighted by Crippen LogP contribution is 2.25. The first-order valence-electron chi connectivity index (χ1n) is 6.28. The fourth-order valence-corrected chi connectivity index (χ4v) is 5.07. The Kier molecular flexibility index (Phi) is 5.06. The van der Waals surface area contributed by atoms with E-state index in [9.17, 15) is 8.42 Å². The summed E-state index contributed by atoms with van der Waals surface area (Å²) in [5.41, 5.74) is 0. The summed E-state index contributed by atoms with van der Waals surface area (Å²) in [6, 6.07) is 1.70. The third-order valence-corrected chi connectivity index (χ3v) is 6.62. The van der Waals surface area contributed by atoms with Crippen LogP contribution in [0.4, 0.5) is 0 Å². The van der Waals surface area contributed by atoms with Gasteiger partial charge in [0.1, 0.15) is 0 Å². The van der Waals surface area contributed by atoms with Gasteiger partial charge in [0.2, 0.25) is 10.0 Å². The predicted molar refractivity (Wildman–Crippen MR) is 75.7 cm³/mol. The second-order valence-corrected chi connectivity index (χ2v) is 7.76. The first-order chi connectivity index (χ1) is 8.64. The number of rotatable bonds is 3. The van der Waals surface area contributed by atoms with Crippen molar-refractivity contribution >= 4 is 33.0 Å². The molecule has 0 unspecified atom stereocenters. The van der Waals surface area contributed by atoms with Crippen LogP contribution in [-0.2, 0) is 15.9 Å². The van der Waals surface area contributed by atoms with E-state index in [0.717, 1.165) is 30.6 Å². The molecule has 1 aliphatic heterocycles. The van der Waals surface area contributed by atoms with E-state index >= 15 is 0 Å². The van der Waals surface area contributed by atoms with Crippen molar-refractivity contribution < 1.29 is 8.42 Å². The zero-order chi connectivity index (χ0) is 13.0. The number of alkyl halides is 1. The van der Waals surface area contributed by atoms with E-state index in [1.54, 1.807) is 15.8 Å². The highest BCUT2D eigenvalue weighted by atomic mass is 35.5. The molecule has 0 aromatic carbocycles. The molecule has 1 aromatic rings. The Morgan fingerprint density at radius 1 is 1.17 bits per heavy atom. The van der Waals surface area contributed by atoms with Crippen LogP contribution in [0.1, 0.15) is 37.0 Å². The van der Waals surface area contributed by atoms with Crippen LogP contribution in [0.5, 0.6) is 0 Å². The van der Waals surface area contributed by atoms with Crippen LogP contribution < -0.4 is 0 Å². The van der Waals surface area contributed by atoms with Crippen LogP contribution in [0.2, 0.25) is 0 Å². The minimum Gasteiger partial charge on any atom is -0.207 e. The fourth-order valence-electron chi connectivity index (χ4n) is 2.17. The van der Waals surface area contributed by atoms with Gasteiger partial charge < -0.3 is 0 Å². The van der Waals surface area contributed by atoms with Gasteiger partial charge in [-0.05, 0) is 18.9 Å². The molecular weight excluding hydrogens is 290 g/mol. The molecule has 6 heteroatoms. The molecule has 0 N–H and O–H groups in total. The lowest BCUT2D eigenvalue weighted by molar-refractivity contribution is 0.364. The summed E-state index contributed by atoms with van der Waals surface area (Å²) in [5.74, 6) is 0.375. The van der Waals surface area contributed by atoms with Crippen LogP contribution in [0.15, 0.2) is 16.3 Å². The van der Waals surface area contributed by atoms with Gasteiger partial charge in [-0.2, -0.15) is 4.31 Å². The lowest BCUT2D eigenvalue weighted by Gasteiger charge is -2.23. The van der Waals surface area contributed by atoms with Crippen molar-refractivity contribution in [1.82, 2.24) is 4.31 Å². The number of thiophene rings is 1. The topological polar surface area (TPSA) is 37.4 Å². The Morgan fingerprint density at radius 2 is 1.78 bits per heavy atom. The number of sulfonamides is 1. The second-order valence-electron chi connectivity index (χ2n) is 4.55. The van der Waals surface area contributed by atoms with Crippen molar-refractivity contribution in [3.8, 4) is 0 Å². The maximum absolute atomic E-state index is 12.5. The molecule has 3 nitrogen and oxygen atoms in total. The molecular formula is C12H18ClNO2S2. The standard InChI is InChI=1S/C12H18ClNO2S2/c13-9-11-8-12(10-17-11)18(15,16)14-6-4-2-1-3-5-7-14/h8,10H,1-7,9H2. The van der Waals surface area contributed by atoms with E-state index in [-0.39, 0.29) is 0 Å². The molecule has 0 saturated carbocycles. The number of nitrogens with zero attached hydrogens (tertiary/aromatic N) is 1. The first-order valence-corrected chi connectivity index (χ1v) is 9.13.